The Morgan fingerprint density at radius 1 is 1.33 bits per heavy atom. The highest BCUT2D eigenvalue weighted by atomic mass is 32.2. The minimum atomic E-state index is -5.82. The van der Waals surface area contributed by atoms with Crippen LogP contribution in [0.1, 0.15) is 27.2 Å². The van der Waals surface area contributed by atoms with E-state index < -0.39 is 33.2 Å². The Balaban J connectivity index is 2.01. The van der Waals surface area contributed by atoms with Crippen LogP contribution in [0.5, 0.6) is 5.88 Å². The van der Waals surface area contributed by atoms with E-state index >= 15 is 0 Å². The van der Waals surface area contributed by atoms with Crippen molar-refractivity contribution in [2.75, 3.05) is 18.0 Å². The molecule has 1 aliphatic rings. The van der Waals surface area contributed by atoms with Gasteiger partial charge >= 0.3 is 21.7 Å². The van der Waals surface area contributed by atoms with E-state index in [0.717, 1.165) is 12.3 Å². The van der Waals surface area contributed by atoms with Gasteiger partial charge in [0.05, 0.1) is 6.04 Å². The molecule has 1 aliphatic heterocycles. The molecule has 13 heteroatoms. The molecule has 27 heavy (non-hydrogen) atoms. The highest BCUT2D eigenvalue weighted by Crippen LogP contribution is 2.27. The number of alkyl halides is 3. The van der Waals surface area contributed by atoms with Crippen molar-refractivity contribution in [3.63, 3.8) is 0 Å². The number of ether oxygens (including phenoxy) is 1. The molecule has 1 N–H and O–H groups in total. The summed E-state index contributed by atoms with van der Waals surface area (Å²) in [5, 5.41) is 2.67. The molecule has 1 atom stereocenters. The van der Waals surface area contributed by atoms with E-state index in [1.54, 1.807) is 25.7 Å². The maximum absolute atomic E-state index is 12.4. The molecule has 9 nitrogen and oxygen atoms in total. The van der Waals surface area contributed by atoms with Gasteiger partial charge in [0.2, 0.25) is 11.8 Å². The first-order valence-corrected chi connectivity index (χ1v) is 9.26. The van der Waals surface area contributed by atoms with Crippen molar-refractivity contribution in [1.82, 2.24) is 15.3 Å². The fourth-order valence-corrected chi connectivity index (χ4v) is 2.64. The van der Waals surface area contributed by atoms with Crippen molar-refractivity contribution in [3.05, 3.63) is 12.3 Å². The van der Waals surface area contributed by atoms with Gasteiger partial charge in [-0.25, -0.2) is 9.78 Å². The van der Waals surface area contributed by atoms with Crippen LogP contribution in [0.25, 0.3) is 0 Å². The largest absolute Gasteiger partial charge is 0.534 e. The summed E-state index contributed by atoms with van der Waals surface area (Å²) in [6.07, 6.45) is 1.01. The van der Waals surface area contributed by atoms with E-state index in [2.05, 4.69) is 19.5 Å². The predicted octanol–water partition coefficient (Wildman–Crippen LogP) is 1.81. The average Bonchev–Trinajstić information content (AvgIpc) is 2.92. The monoisotopic (exact) mass is 412 g/mol. The van der Waals surface area contributed by atoms with Gasteiger partial charge in [0.15, 0.2) is 0 Å². The summed E-state index contributed by atoms with van der Waals surface area (Å²) in [4.78, 5) is 21.0. The lowest BCUT2D eigenvalue weighted by Gasteiger charge is -2.22. The molecule has 1 aromatic heterocycles. The Morgan fingerprint density at radius 3 is 2.59 bits per heavy atom. The van der Waals surface area contributed by atoms with E-state index in [1.165, 1.54) is 0 Å². The molecule has 1 fully saturated rings. The molecular weight excluding hydrogens is 393 g/mol. The Bertz CT molecular complexity index is 795. The average molecular weight is 412 g/mol. The SMILES string of the molecule is CC(C)(C)OC(=O)NC1CCN(c2nccc(OS(=O)(=O)C(F)(F)F)n2)C1. The molecule has 0 saturated carbocycles. The summed E-state index contributed by atoms with van der Waals surface area (Å²) >= 11 is 0. The second-order valence-electron chi connectivity index (χ2n) is 6.76. The van der Waals surface area contributed by atoms with Gasteiger partial charge in [-0.15, -0.1) is 0 Å². The molecule has 0 bridgehead atoms. The summed E-state index contributed by atoms with van der Waals surface area (Å²) in [5.74, 6) is -0.765. The summed E-state index contributed by atoms with van der Waals surface area (Å²) in [6, 6.07) is 0.617. The normalized spacial score (nSPS) is 18.3. The minimum Gasteiger partial charge on any atom is -0.444 e. The van der Waals surface area contributed by atoms with Gasteiger partial charge in [-0.05, 0) is 27.2 Å². The number of alkyl carbamates (subject to hydrolysis) is 1. The topological polar surface area (TPSA) is 111 Å². The Morgan fingerprint density at radius 2 is 2.00 bits per heavy atom. The molecule has 2 rings (SSSR count). The Labute approximate surface area is 154 Å². The third-order valence-corrected chi connectivity index (χ3v) is 4.24. The lowest BCUT2D eigenvalue weighted by molar-refractivity contribution is -0.0501. The van der Waals surface area contributed by atoms with Crippen LogP contribution in [-0.4, -0.2) is 54.7 Å². The minimum absolute atomic E-state index is 0.0154. The van der Waals surface area contributed by atoms with Crippen molar-refractivity contribution in [1.29, 1.82) is 0 Å². The van der Waals surface area contributed by atoms with Crippen LogP contribution in [0.3, 0.4) is 0 Å². The molecule has 152 valence electrons. The molecule has 1 saturated heterocycles. The van der Waals surface area contributed by atoms with E-state index in [-0.39, 0.29) is 18.5 Å². The van der Waals surface area contributed by atoms with E-state index in [4.69, 9.17) is 4.74 Å². The molecule has 0 radical (unpaired) electrons. The predicted molar refractivity (Wildman–Crippen MR) is 87.6 cm³/mol. The first-order chi connectivity index (χ1) is 12.3. The number of nitrogens with zero attached hydrogens (tertiary/aromatic N) is 3. The van der Waals surface area contributed by atoms with E-state index in [0.29, 0.717) is 13.0 Å². The Hall–Kier alpha value is -2.31. The van der Waals surface area contributed by atoms with Crippen LogP contribution in [0.15, 0.2) is 12.3 Å². The van der Waals surface area contributed by atoms with Crippen molar-refractivity contribution in [2.24, 2.45) is 0 Å². The zero-order valence-electron chi connectivity index (χ0n) is 14.8. The van der Waals surface area contributed by atoms with Gasteiger partial charge in [-0.2, -0.15) is 26.6 Å². The van der Waals surface area contributed by atoms with Crippen molar-refractivity contribution in [2.45, 2.75) is 44.3 Å². The third kappa shape index (κ3) is 5.84. The molecular formula is C14H19F3N4O5S. The number of carbonyl (C=O) groups excluding carboxylic acids is 1. The fourth-order valence-electron chi connectivity index (χ4n) is 2.22. The highest BCUT2D eigenvalue weighted by molar-refractivity contribution is 7.87. The quantitative estimate of drug-likeness (QED) is 0.589. The molecule has 1 aromatic rings. The molecule has 0 aliphatic carbocycles. The van der Waals surface area contributed by atoms with Crippen LogP contribution >= 0.6 is 0 Å². The third-order valence-electron chi connectivity index (χ3n) is 3.29. The van der Waals surface area contributed by atoms with Crippen LogP contribution in [0.4, 0.5) is 23.9 Å². The first-order valence-electron chi connectivity index (χ1n) is 7.85. The van der Waals surface area contributed by atoms with Gasteiger partial charge in [-0.1, -0.05) is 0 Å². The zero-order valence-corrected chi connectivity index (χ0v) is 15.6. The number of aromatic nitrogens is 2. The first kappa shape index (κ1) is 21.0. The number of halogens is 3. The Kier molecular flexibility index (Phi) is 5.73. The van der Waals surface area contributed by atoms with E-state index in [9.17, 15) is 26.4 Å². The summed E-state index contributed by atoms with van der Waals surface area (Å²) in [5.41, 5.74) is -6.21. The van der Waals surface area contributed by atoms with Crippen molar-refractivity contribution >= 4 is 22.2 Å². The van der Waals surface area contributed by atoms with E-state index in [1.807, 2.05) is 0 Å². The molecule has 1 unspecified atom stereocenters. The second-order valence-corrected chi connectivity index (χ2v) is 8.29. The van der Waals surface area contributed by atoms with Crippen molar-refractivity contribution < 1.29 is 35.3 Å². The number of anilines is 1. The number of nitrogens with one attached hydrogen (secondary N) is 1. The summed E-state index contributed by atoms with van der Waals surface area (Å²) in [7, 11) is -5.82. The maximum atomic E-state index is 12.4. The van der Waals surface area contributed by atoms with Gasteiger partial charge in [0.25, 0.3) is 0 Å². The fraction of sp³-hybridized carbons (Fsp3) is 0.643. The number of carbonyl (C=O) groups is 1. The van der Waals surface area contributed by atoms with Gasteiger partial charge in [0.1, 0.15) is 5.60 Å². The number of amides is 1. The van der Waals surface area contributed by atoms with Crippen LogP contribution in [0.2, 0.25) is 0 Å². The lowest BCUT2D eigenvalue weighted by Crippen LogP contribution is -2.40. The molecule has 2 heterocycles. The second kappa shape index (κ2) is 7.37. The maximum Gasteiger partial charge on any atom is 0.534 e. The summed E-state index contributed by atoms with van der Waals surface area (Å²) < 4.78 is 68.4. The van der Waals surface area contributed by atoms with Crippen LogP contribution in [0, 0.1) is 0 Å². The standard InChI is InChI=1S/C14H19F3N4O5S/c1-13(2,3)25-12(22)19-9-5-7-21(8-9)11-18-6-4-10(20-11)26-27(23,24)14(15,16)17/h4,6,9H,5,7-8H2,1-3H3,(H,19,22). The van der Waals surface area contributed by atoms with Crippen LogP contribution in [-0.2, 0) is 14.9 Å². The van der Waals surface area contributed by atoms with Gasteiger partial charge in [-0.3, -0.25) is 0 Å². The lowest BCUT2D eigenvalue weighted by atomic mass is 10.2. The van der Waals surface area contributed by atoms with Gasteiger partial charge in [0, 0.05) is 25.4 Å². The van der Waals surface area contributed by atoms with Crippen LogP contribution < -0.4 is 14.4 Å². The zero-order chi connectivity index (χ0) is 20.5. The van der Waals surface area contributed by atoms with Crippen molar-refractivity contribution in [3.8, 4) is 5.88 Å². The highest BCUT2D eigenvalue weighted by Gasteiger charge is 2.49. The number of rotatable bonds is 4. The molecule has 0 aromatic carbocycles. The molecule has 0 spiro atoms. The number of hydrogen-bond acceptors (Lipinski definition) is 8. The molecule has 1 amide bonds. The van der Waals surface area contributed by atoms with Gasteiger partial charge < -0.3 is 19.1 Å². The summed E-state index contributed by atoms with van der Waals surface area (Å²) in [6.45, 7) is 5.84. The smallest absolute Gasteiger partial charge is 0.444 e. The number of hydrogen-bond donors (Lipinski definition) is 1.